The Hall–Kier alpha value is -2.93. The van der Waals surface area contributed by atoms with Gasteiger partial charge < -0.3 is 10.2 Å². The van der Waals surface area contributed by atoms with Crippen molar-refractivity contribution in [2.75, 3.05) is 11.4 Å². The molecule has 1 aliphatic heterocycles. The minimum atomic E-state index is -0.346. The summed E-state index contributed by atoms with van der Waals surface area (Å²) in [7, 11) is 0. The lowest BCUT2D eigenvalue weighted by atomic mass is 9.96. The Morgan fingerprint density at radius 3 is 2.65 bits per heavy atom. The van der Waals surface area contributed by atoms with Crippen LogP contribution in [0.15, 0.2) is 48.7 Å². The van der Waals surface area contributed by atoms with Gasteiger partial charge in [-0.1, -0.05) is 37.1 Å². The van der Waals surface area contributed by atoms with E-state index in [4.69, 9.17) is 5.21 Å². The Bertz CT molecular complexity index is 905. The zero-order valence-electron chi connectivity index (χ0n) is 17.7. The summed E-state index contributed by atoms with van der Waals surface area (Å²) in [6, 6.07) is 14.7. The van der Waals surface area contributed by atoms with Crippen molar-refractivity contribution in [3.63, 3.8) is 0 Å². The van der Waals surface area contributed by atoms with Gasteiger partial charge in [-0.05, 0) is 49.4 Å². The van der Waals surface area contributed by atoms with E-state index < -0.39 is 0 Å². The third kappa shape index (κ3) is 4.71. The fourth-order valence-corrected chi connectivity index (χ4v) is 5.01. The number of hydrogen-bond acceptors (Lipinski definition) is 5. The molecule has 1 aromatic heterocycles. The third-order valence-corrected chi connectivity index (χ3v) is 6.48. The number of benzene rings is 1. The molecule has 0 spiro atoms. The molecule has 0 saturated heterocycles. The summed E-state index contributed by atoms with van der Waals surface area (Å²) in [5, 5.41) is 11.6. The summed E-state index contributed by atoms with van der Waals surface area (Å²) in [4.78, 5) is 30.7. The van der Waals surface area contributed by atoms with Crippen LogP contribution >= 0.6 is 0 Å². The van der Waals surface area contributed by atoms with Crippen LogP contribution < -0.4 is 15.7 Å². The van der Waals surface area contributed by atoms with Gasteiger partial charge in [0.2, 0.25) is 11.8 Å². The number of nitrogens with one attached hydrogen (secondary N) is 2. The number of hydroxylamine groups is 1. The van der Waals surface area contributed by atoms with Crippen molar-refractivity contribution in [1.82, 2.24) is 15.8 Å². The van der Waals surface area contributed by atoms with Crippen molar-refractivity contribution < 1.29 is 14.8 Å². The summed E-state index contributed by atoms with van der Waals surface area (Å²) >= 11 is 0. The molecule has 1 saturated carbocycles. The van der Waals surface area contributed by atoms with E-state index in [1.165, 1.54) is 11.3 Å². The van der Waals surface area contributed by atoms with Gasteiger partial charge in [-0.15, -0.1) is 0 Å². The fraction of sp³-hybridized carbons (Fsp3) is 0.458. The van der Waals surface area contributed by atoms with Crippen LogP contribution in [0.2, 0.25) is 0 Å². The van der Waals surface area contributed by atoms with E-state index in [9.17, 15) is 9.59 Å². The number of carbonyl (C=O) groups excluding carboxylic acids is 2. The second kappa shape index (κ2) is 9.92. The monoisotopic (exact) mass is 422 g/mol. The number of fused-ring (bicyclic) bond motifs is 3. The topological polar surface area (TPSA) is 94.6 Å². The Balaban J connectivity index is 1.30. The van der Waals surface area contributed by atoms with Crippen LogP contribution in [-0.2, 0) is 9.59 Å². The van der Waals surface area contributed by atoms with Gasteiger partial charge in [-0.2, -0.15) is 0 Å². The van der Waals surface area contributed by atoms with Crippen LogP contribution in [0.4, 0.5) is 11.5 Å². The highest BCUT2D eigenvalue weighted by atomic mass is 16.5. The maximum absolute atomic E-state index is 12.8. The number of unbranched alkanes of at least 4 members (excludes halogenated alkanes) is 3. The second-order valence-corrected chi connectivity index (χ2v) is 8.45. The Morgan fingerprint density at radius 2 is 1.84 bits per heavy atom. The first-order valence-corrected chi connectivity index (χ1v) is 11.2. The molecule has 2 heterocycles. The minimum absolute atomic E-state index is 0.0165. The van der Waals surface area contributed by atoms with Gasteiger partial charge in [0.05, 0.1) is 0 Å². The van der Waals surface area contributed by atoms with Gasteiger partial charge in [-0.3, -0.25) is 14.8 Å². The molecule has 1 aliphatic carbocycles. The first kappa shape index (κ1) is 21.3. The molecule has 164 valence electrons. The highest BCUT2D eigenvalue weighted by Gasteiger charge is 2.47. The third-order valence-electron chi connectivity index (χ3n) is 6.48. The van der Waals surface area contributed by atoms with E-state index in [0.29, 0.717) is 18.9 Å². The average molecular weight is 423 g/mol. The summed E-state index contributed by atoms with van der Waals surface area (Å²) < 4.78 is 0. The molecule has 4 rings (SSSR count). The zero-order chi connectivity index (χ0) is 21.6. The van der Waals surface area contributed by atoms with Gasteiger partial charge in [0.25, 0.3) is 0 Å². The average Bonchev–Trinajstić information content (AvgIpc) is 3.36. The summed E-state index contributed by atoms with van der Waals surface area (Å²) in [5.74, 6) is 1.11. The molecule has 7 heteroatoms. The molecule has 31 heavy (non-hydrogen) atoms. The van der Waals surface area contributed by atoms with Crippen molar-refractivity contribution in [1.29, 1.82) is 0 Å². The lowest BCUT2D eigenvalue weighted by Gasteiger charge is -2.26. The van der Waals surface area contributed by atoms with Gasteiger partial charge in [0.1, 0.15) is 5.82 Å². The van der Waals surface area contributed by atoms with Crippen LogP contribution in [0.3, 0.4) is 0 Å². The van der Waals surface area contributed by atoms with E-state index in [2.05, 4.69) is 39.5 Å². The maximum Gasteiger partial charge on any atom is 0.243 e. The van der Waals surface area contributed by atoms with Crippen LogP contribution in [-0.4, -0.2) is 34.6 Å². The Labute approximate surface area is 182 Å². The number of aromatic nitrogens is 1. The van der Waals surface area contributed by atoms with Crippen LogP contribution in [0.1, 0.15) is 56.4 Å². The Kier molecular flexibility index (Phi) is 6.82. The molecule has 2 aliphatic rings. The summed E-state index contributed by atoms with van der Waals surface area (Å²) in [5.41, 5.74) is 4.18. The SMILES string of the molecule is O=C(CCCCCCNC(=O)C1CC2c3ccccc3N(c3ccccn3)C2C1)NO. The zero-order valence-corrected chi connectivity index (χ0v) is 17.7. The predicted molar refractivity (Wildman–Crippen MR) is 118 cm³/mol. The minimum Gasteiger partial charge on any atom is -0.356 e. The van der Waals surface area contributed by atoms with Crippen molar-refractivity contribution in [3.05, 3.63) is 54.2 Å². The number of para-hydroxylation sites is 1. The van der Waals surface area contributed by atoms with Gasteiger partial charge in [-0.25, -0.2) is 10.5 Å². The molecule has 1 aromatic carbocycles. The number of anilines is 2. The highest BCUT2D eigenvalue weighted by Crippen LogP contribution is 2.53. The number of nitrogens with zero attached hydrogens (tertiary/aromatic N) is 2. The number of pyridine rings is 1. The molecule has 7 nitrogen and oxygen atoms in total. The molecule has 1 fully saturated rings. The molecule has 3 unspecified atom stereocenters. The summed E-state index contributed by atoms with van der Waals surface area (Å²) in [6.07, 6.45) is 7.36. The van der Waals surface area contributed by atoms with E-state index in [-0.39, 0.29) is 23.8 Å². The quantitative estimate of drug-likeness (QED) is 0.326. The molecule has 3 atom stereocenters. The largest absolute Gasteiger partial charge is 0.356 e. The lowest BCUT2D eigenvalue weighted by molar-refractivity contribution is -0.129. The number of carbonyl (C=O) groups is 2. The van der Waals surface area contributed by atoms with Crippen molar-refractivity contribution in [2.24, 2.45) is 5.92 Å². The van der Waals surface area contributed by atoms with Crippen LogP contribution in [0, 0.1) is 5.92 Å². The number of hydrogen-bond donors (Lipinski definition) is 3. The molecule has 0 radical (unpaired) electrons. The Morgan fingerprint density at radius 1 is 1.03 bits per heavy atom. The molecular formula is C24H30N4O3. The molecule has 3 N–H and O–H groups in total. The first-order valence-electron chi connectivity index (χ1n) is 11.2. The fourth-order valence-electron chi connectivity index (χ4n) is 5.01. The van der Waals surface area contributed by atoms with Crippen LogP contribution in [0.25, 0.3) is 0 Å². The molecule has 2 aromatic rings. The standard InChI is InChI=1S/C24H30N4O3/c29-23(27-31)12-3-1-2-7-14-26-24(30)17-15-19-18-9-4-5-10-20(18)28(21(19)16-17)22-11-6-8-13-25-22/h4-6,8-11,13,17,19,21,31H,1-3,7,12,14-16H2,(H,26,30)(H,27,29). The van der Waals surface area contributed by atoms with E-state index >= 15 is 0 Å². The smallest absolute Gasteiger partial charge is 0.243 e. The normalized spacial score (nSPS) is 21.5. The van der Waals surface area contributed by atoms with Crippen LogP contribution in [0.5, 0.6) is 0 Å². The number of rotatable bonds is 9. The lowest BCUT2D eigenvalue weighted by Crippen LogP contribution is -2.32. The second-order valence-electron chi connectivity index (χ2n) is 8.45. The summed E-state index contributed by atoms with van der Waals surface area (Å²) in [6.45, 7) is 0.664. The first-order chi connectivity index (χ1) is 15.2. The van der Waals surface area contributed by atoms with Crippen molar-refractivity contribution >= 4 is 23.3 Å². The van der Waals surface area contributed by atoms with Gasteiger partial charge in [0.15, 0.2) is 0 Å². The van der Waals surface area contributed by atoms with Gasteiger partial charge >= 0.3 is 0 Å². The molecule has 2 amide bonds. The predicted octanol–water partition coefficient (Wildman–Crippen LogP) is 3.67. The number of amides is 2. The molecular weight excluding hydrogens is 392 g/mol. The van der Waals surface area contributed by atoms with E-state index in [0.717, 1.165) is 44.3 Å². The molecule has 0 bridgehead atoms. The van der Waals surface area contributed by atoms with E-state index in [1.54, 1.807) is 5.48 Å². The highest BCUT2D eigenvalue weighted by molar-refractivity contribution is 5.81. The van der Waals surface area contributed by atoms with Crippen molar-refractivity contribution in [2.45, 2.75) is 56.9 Å². The van der Waals surface area contributed by atoms with Gasteiger partial charge in [0, 0.05) is 42.7 Å². The van der Waals surface area contributed by atoms with E-state index in [1.807, 2.05) is 24.4 Å². The maximum atomic E-state index is 12.8. The van der Waals surface area contributed by atoms with Crippen molar-refractivity contribution in [3.8, 4) is 0 Å².